The predicted octanol–water partition coefficient (Wildman–Crippen LogP) is 7.43. The van der Waals surface area contributed by atoms with Crippen LogP contribution in [-0.2, 0) is 6.42 Å². The van der Waals surface area contributed by atoms with Crippen molar-refractivity contribution in [1.82, 2.24) is 5.32 Å². The van der Waals surface area contributed by atoms with Crippen molar-refractivity contribution in [1.29, 1.82) is 0 Å². The first-order valence-electron chi connectivity index (χ1n) is 13.8. The number of hydrogen-bond donors (Lipinski definition) is 4. The fourth-order valence-electron chi connectivity index (χ4n) is 4.34. The standard InChI is InChI=1S/C35H30N4O3S/c40-33(37-28-21-19-27(20-22-28)36-26-13-5-2-6-14-26)29-15-7-9-17-31(29)38-35(43)39-34(41)30-16-8-10-18-32(30)42-24-23-25-11-3-1-4-12-25/h1-22,36H,23-24H2,(H,37,40)(H2,38,39,41,43). The topological polar surface area (TPSA) is 91.5 Å². The normalized spacial score (nSPS) is 10.3. The van der Waals surface area contributed by atoms with Gasteiger partial charge in [-0.15, -0.1) is 0 Å². The number of carbonyl (C=O) groups is 2. The summed E-state index contributed by atoms with van der Waals surface area (Å²) in [5.74, 6) is -0.277. The van der Waals surface area contributed by atoms with Crippen molar-refractivity contribution in [3.63, 3.8) is 0 Å². The van der Waals surface area contributed by atoms with Crippen molar-refractivity contribution in [2.45, 2.75) is 6.42 Å². The molecule has 0 fully saturated rings. The lowest BCUT2D eigenvalue weighted by molar-refractivity contribution is 0.0972. The minimum atomic E-state index is -0.418. The van der Waals surface area contributed by atoms with E-state index < -0.39 is 5.91 Å². The van der Waals surface area contributed by atoms with Gasteiger partial charge in [-0.1, -0.05) is 72.8 Å². The number of amides is 2. The van der Waals surface area contributed by atoms with E-state index in [0.29, 0.717) is 41.3 Å². The van der Waals surface area contributed by atoms with Crippen LogP contribution < -0.4 is 26.0 Å². The number of rotatable bonds is 10. The highest BCUT2D eigenvalue weighted by Gasteiger charge is 2.16. The van der Waals surface area contributed by atoms with Gasteiger partial charge in [-0.2, -0.15) is 0 Å². The van der Waals surface area contributed by atoms with E-state index in [1.807, 2.05) is 91.0 Å². The molecule has 0 aliphatic carbocycles. The summed E-state index contributed by atoms with van der Waals surface area (Å²) in [4.78, 5) is 26.3. The molecule has 0 saturated heterocycles. The van der Waals surface area contributed by atoms with Crippen LogP contribution in [0, 0.1) is 0 Å². The lowest BCUT2D eigenvalue weighted by atomic mass is 10.1. The van der Waals surface area contributed by atoms with E-state index in [-0.39, 0.29) is 11.0 Å². The number of carbonyl (C=O) groups excluding carboxylic acids is 2. The minimum Gasteiger partial charge on any atom is -0.492 e. The molecule has 5 aromatic rings. The molecule has 2 amide bonds. The molecule has 5 rings (SSSR count). The van der Waals surface area contributed by atoms with E-state index >= 15 is 0 Å². The summed E-state index contributed by atoms with van der Waals surface area (Å²) in [5.41, 5.74) is 4.84. The number of anilines is 4. The van der Waals surface area contributed by atoms with Crippen molar-refractivity contribution >= 4 is 51.9 Å². The van der Waals surface area contributed by atoms with Crippen LogP contribution in [0.2, 0.25) is 0 Å². The van der Waals surface area contributed by atoms with E-state index in [1.165, 1.54) is 0 Å². The maximum absolute atomic E-state index is 13.2. The Bertz CT molecular complexity index is 1690. The molecule has 214 valence electrons. The van der Waals surface area contributed by atoms with E-state index in [2.05, 4.69) is 21.3 Å². The summed E-state index contributed by atoms with van der Waals surface area (Å²) in [6.45, 7) is 0.422. The van der Waals surface area contributed by atoms with Gasteiger partial charge in [-0.3, -0.25) is 14.9 Å². The quantitative estimate of drug-likeness (QED) is 0.127. The molecule has 0 unspecified atom stereocenters. The largest absolute Gasteiger partial charge is 0.492 e. The molecule has 4 N–H and O–H groups in total. The van der Waals surface area contributed by atoms with Gasteiger partial charge in [0.05, 0.1) is 23.4 Å². The van der Waals surface area contributed by atoms with Crippen LogP contribution in [0.1, 0.15) is 26.3 Å². The average Bonchev–Trinajstić information content (AvgIpc) is 3.03. The van der Waals surface area contributed by atoms with Crippen LogP contribution in [0.25, 0.3) is 0 Å². The number of thiocarbonyl (C=S) groups is 1. The highest BCUT2D eigenvalue weighted by atomic mass is 32.1. The van der Waals surface area contributed by atoms with Crippen LogP contribution >= 0.6 is 12.2 Å². The molecule has 43 heavy (non-hydrogen) atoms. The summed E-state index contributed by atoms with van der Waals surface area (Å²) < 4.78 is 5.92. The maximum atomic E-state index is 13.2. The van der Waals surface area contributed by atoms with Crippen LogP contribution in [0.4, 0.5) is 22.7 Å². The summed E-state index contributed by atoms with van der Waals surface area (Å²) >= 11 is 5.43. The van der Waals surface area contributed by atoms with E-state index in [9.17, 15) is 9.59 Å². The van der Waals surface area contributed by atoms with Crippen LogP contribution in [0.3, 0.4) is 0 Å². The Morgan fingerprint density at radius 3 is 1.91 bits per heavy atom. The summed E-state index contributed by atoms with van der Waals surface area (Å²) in [7, 11) is 0. The van der Waals surface area contributed by atoms with E-state index in [1.54, 1.807) is 42.5 Å². The molecule has 0 aliphatic rings. The molecule has 0 atom stereocenters. The molecule has 5 aromatic carbocycles. The van der Waals surface area contributed by atoms with Gasteiger partial charge in [0.25, 0.3) is 11.8 Å². The third-order valence-corrected chi connectivity index (χ3v) is 6.68. The highest BCUT2D eigenvalue weighted by Crippen LogP contribution is 2.22. The first-order valence-corrected chi connectivity index (χ1v) is 14.2. The molecule has 0 heterocycles. The zero-order valence-electron chi connectivity index (χ0n) is 23.2. The van der Waals surface area contributed by atoms with Gasteiger partial charge in [0.1, 0.15) is 5.75 Å². The Kier molecular flexibility index (Phi) is 9.74. The lowest BCUT2D eigenvalue weighted by Gasteiger charge is -2.15. The molecule has 0 spiro atoms. The number of ether oxygens (including phenoxy) is 1. The summed E-state index contributed by atoms with van der Waals surface area (Å²) in [6.07, 6.45) is 0.713. The lowest BCUT2D eigenvalue weighted by Crippen LogP contribution is -2.35. The van der Waals surface area contributed by atoms with Crippen molar-refractivity contribution in [3.8, 4) is 5.75 Å². The van der Waals surface area contributed by atoms with Crippen LogP contribution in [-0.4, -0.2) is 23.5 Å². The molecule has 7 nitrogen and oxygen atoms in total. The van der Waals surface area contributed by atoms with Crippen LogP contribution in [0.15, 0.2) is 133 Å². The average molecular weight is 587 g/mol. The maximum Gasteiger partial charge on any atom is 0.261 e. The van der Waals surface area contributed by atoms with E-state index in [4.69, 9.17) is 17.0 Å². The molecule has 8 heteroatoms. The SMILES string of the molecule is O=C(Nc1ccc(Nc2ccccc2)cc1)c1ccccc1NC(=S)NC(=O)c1ccccc1OCCc1ccccc1. The van der Waals surface area contributed by atoms with Crippen molar-refractivity contribution < 1.29 is 14.3 Å². The third-order valence-electron chi connectivity index (χ3n) is 6.47. The fraction of sp³-hybridized carbons (Fsp3) is 0.0571. The number of nitrogens with one attached hydrogen (secondary N) is 4. The molecule has 0 radical (unpaired) electrons. The van der Waals surface area contributed by atoms with Gasteiger partial charge in [0.15, 0.2) is 5.11 Å². The molecule has 0 saturated carbocycles. The Morgan fingerprint density at radius 1 is 0.581 bits per heavy atom. The Hall–Kier alpha value is -5.47. The fourth-order valence-corrected chi connectivity index (χ4v) is 4.54. The zero-order valence-corrected chi connectivity index (χ0v) is 24.1. The molecular weight excluding hydrogens is 556 g/mol. The minimum absolute atomic E-state index is 0.0562. The first-order chi connectivity index (χ1) is 21.0. The number of benzene rings is 5. The van der Waals surface area contributed by atoms with Crippen LogP contribution in [0.5, 0.6) is 5.75 Å². The van der Waals surface area contributed by atoms with Gasteiger partial charge in [-0.25, -0.2) is 0 Å². The Balaban J connectivity index is 1.18. The molecule has 0 aromatic heterocycles. The number of hydrogen-bond acceptors (Lipinski definition) is 5. The second-order valence-corrected chi connectivity index (χ2v) is 9.96. The first kappa shape index (κ1) is 29.0. The molecular formula is C35H30N4O3S. The summed E-state index contributed by atoms with van der Waals surface area (Å²) in [6, 6.07) is 41.2. The molecule has 0 bridgehead atoms. The van der Waals surface area contributed by atoms with Gasteiger partial charge >= 0.3 is 0 Å². The summed E-state index contributed by atoms with van der Waals surface area (Å²) in [5, 5.41) is 12.0. The zero-order chi connectivity index (χ0) is 29.9. The van der Waals surface area contributed by atoms with Gasteiger partial charge in [-0.05, 0) is 78.4 Å². The van der Waals surface area contributed by atoms with E-state index in [0.717, 1.165) is 16.9 Å². The third kappa shape index (κ3) is 8.28. The highest BCUT2D eigenvalue weighted by molar-refractivity contribution is 7.80. The van der Waals surface area contributed by atoms with Crippen molar-refractivity contribution in [2.75, 3.05) is 22.6 Å². The molecule has 0 aliphatic heterocycles. The van der Waals surface area contributed by atoms with Gasteiger partial charge in [0, 0.05) is 23.5 Å². The number of para-hydroxylation sites is 3. The Labute approximate surface area is 255 Å². The van der Waals surface area contributed by atoms with Gasteiger partial charge < -0.3 is 20.7 Å². The van der Waals surface area contributed by atoms with Crippen molar-refractivity contribution in [3.05, 3.63) is 150 Å². The smallest absolute Gasteiger partial charge is 0.261 e. The monoisotopic (exact) mass is 586 g/mol. The van der Waals surface area contributed by atoms with Crippen molar-refractivity contribution in [2.24, 2.45) is 0 Å². The van der Waals surface area contributed by atoms with Gasteiger partial charge in [0.2, 0.25) is 0 Å². The predicted molar refractivity (Wildman–Crippen MR) is 176 cm³/mol. The Morgan fingerprint density at radius 2 is 1.16 bits per heavy atom. The second kappa shape index (κ2) is 14.4. The second-order valence-electron chi connectivity index (χ2n) is 9.56.